The quantitative estimate of drug-likeness (QED) is 0.627. The van der Waals surface area contributed by atoms with Crippen LogP contribution in [-0.4, -0.2) is 41.4 Å². The second-order valence-corrected chi connectivity index (χ2v) is 8.64. The molecule has 0 spiro atoms. The van der Waals surface area contributed by atoms with Crippen LogP contribution in [0.1, 0.15) is 38.8 Å². The van der Waals surface area contributed by atoms with Crippen molar-refractivity contribution in [2.45, 2.75) is 32.2 Å². The van der Waals surface area contributed by atoms with E-state index in [9.17, 15) is 9.59 Å². The van der Waals surface area contributed by atoms with Crippen LogP contribution in [0.5, 0.6) is 5.75 Å². The highest BCUT2D eigenvalue weighted by Gasteiger charge is 2.36. The van der Waals surface area contributed by atoms with Gasteiger partial charge in [0.15, 0.2) is 0 Å². The van der Waals surface area contributed by atoms with Gasteiger partial charge in [-0.25, -0.2) is 4.98 Å². The van der Waals surface area contributed by atoms with Crippen molar-refractivity contribution in [2.24, 2.45) is 0 Å². The fraction of sp³-hybridized carbons (Fsp3) is 0.292. The number of hydrogen-bond acceptors (Lipinski definition) is 5. The third-order valence-electron chi connectivity index (χ3n) is 5.41. The molecule has 31 heavy (non-hydrogen) atoms. The highest BCUT2D eigenvalue weighted by atomic mass is 32.1. The van der Waals surface area contributed by atoms with Crippen LogP contribution in [-0.2, 0) is 11.2 Å². The molecule has 3 aromatic rings. The van der Waals surface area contributed by atoms with Gasteiger partial charge in [0.05, 0.1) is 17.8 Å². The first kappa shape index (κ1) is 21.1. The molecule has 1 aromatic heterocycles. The van der Waals surface area contributed by atoms with Crippen LogP contribution in [0.4, 0.5) is 5.69 Å². The molecule has 1 aliphatic heterocycles. The summed E-state index contributed by atoms with van der Waals surface area (Å²) in [5.41, 5.74) is 2.57. The Morgan fingerprint density at radius 3 is 2.61 bits per heavy atom. The summed E-state index contributed by atoms with van der Waals surface area (Å²) < 4.78 is 5.15. The summed E-state index contributed by atoms with van der Waals surface area (Å²) in [5, 5.41) is 3.83. The molecule has 0 aliphatic carbocycles. The maximum atomic E-state index is 13.3. The molecule has 2 heterocycles. The lowest BCUT2D eigenvalue weighted by atomic mass is 10.2. The number of amides is 2. The van der Waals surface area contributed by atoms with E-state index in [1.54, 1.807) is 36.3 Å². The number of aromatic nitrogens is 1. The maximum absolute atomic E-state index is 13.3. The minimum Gasteiger partial charge on any atom is -0.497 e. The number of methoxy groups -OCH3 is 1. The molecule has 0 bridgehead atoms. The molecule has 1 atom stereocenters. The zero-order valence-electron chi connectivity index (χ0n) is 17.6. The molecule has 1 N–H and O–H groups in total. The number of carbonyl (C=O) groups excluding carboxylic acids is 2. The molecule has 1 unspecified atom stereocenters. The molecule has 7 heteroatoms. The van der Waals surface area contributed by atoms with Crippen LogP contribution >= 0.6 is 11.3 Å². The second-order valence-electron chi connectivity index (χ2n) is 7.56. The van der Waals surface area contributed by atoms with E-state index < -0.39 is 6.04 Å². The smallest absolute Gasteiger partial charge is 0.266 e. The SMILES string of the molecule is COc1ccc(NC(=O)C2CCCN2C(=O)c2sc(Cc3ccccc3)nc2C)cc1. The molecule has 160 valence electrons. The van der Waals surface area contributed by atoms with Gasteiger partial charge in [-0.05, 0) is 49.6 Å². The number of hydrogen-bond donors (Lipinski definition) is 1. The van der Waals surface area contributed by atoms with Crippen molar-refractivity contribution < 1.29 is 14.3 Å². The summed E-state index contributed by atoms with van der Waals surface area (Å²) in [5.74, 6) is 0.451. The van der Waals surface area contributed by atoms with E-state index in [4.69, 9.17) is 4.74 Å². The number of likely N-dealkylation sites (tertiary alicyclic amines) is 1. The molecule has 4 rings (SSSR count). The number of ether oxygens (including phenoxy) is 1. The Kier molecular flexibility index (Phi) is 6.32. The molecule has 1 saturated heterocycles. The monoisotopic (exact) mass is 435 g/mol. The zero-order valence-corrected chi connectivity index (χ0v) is 18.4. The van der Waals surface area contributed by atoms with E-state index in [1.165, 1.54) is 11.3 Å². The number of rotatable bonds is 6. The van der Waals surface area contributed by atoms with Gasteiger partial charge in [0, 0.05) is 18.7 Å². The topological polar surface area (TPSA) is 71.5 Å². The first-order chi connectivity index (χ1) is 15.0. The van der Waals surface area contributed by atoms with E-state index in [2.05, 4.69) is 22.4 Å². The number of thiazole rings is 1. The third-order valence-corrected chi connectivity index (χ3v) is 6.55. The van der Waals surface area contributed by atoms with Gasteiger partial charge in [0.2, 0.25) is 5.91 Å². The number of carbonyl (C=O) groups is 2. The van der Waals surface area contributed by atoms with Crippen LogP contribution in [0.3, 0.4) is 0 Å². The van der Waals surface area contributed by atoms with Gasteiger partial charge in [-0.2, -0.15) is 0 Å². The average molecular weight is 436 g/mol. The molecule has 2 aromatic carbocycles. The van der Waals surface area contributed by atoms with Gasteiger partial charge in [-0.3, -0.25) is 9.59 Å². The number of anilines is 1. The van der Waals surface area contributed by atoms with E-state index in [1.807, 2.05) is 25.1 Å². The molecule has 6 nitrogen and oxygen atoms in total. The van der Waals surface area contributed by atoms with Crippen molar-refractivity contribution in [1.29, 1.82) is 0 Å². The predicted molar refractivity (Wildman–Crippen MR) is 122 cm³/mol. The van der Waals surface area contributed by atoms with E-state index in [0.717, 1.165) is 28.4 Å². The predicted octanol–water partition coefficient (Wildman–Crippen LogP) is 4.29. The van der Waals surface area contributed by atoms with E-state index >= 15 is 0 Å². The first-order valence-corrected chi connectivity index (χ1v) is 11.1. The summed E-state index contributed by atoms with van der Waals surface area (Å²) in [6, 6.07) is 16.8. The minimum atomic E-state index is -0.478. The summed E-state index contributed by atoms with van der Waals surface area (Å²) in [4.78, 5) is 33.1. The van der Waals surface area contributed by atoms with Crippen LogP contribution in [0.2, 0.25) is 0 Å². The third kappa shape index (κ3) is 4.77. The number of aryl methyl sites for hydroxylation is 1. The molecule has 1 aliphatic rings. The zero-order chi connectivity index (χ0) is 21.8. The van der Waals surface area contributed by atoms with E-state index in [0.29, 0.717) is 30.0 Å². The van der Waals surface area contributed by atoms with Gasteiger partial charge >= 0.3 is 0 Å². The van der Waals surface area contributed by atoms with Crippen LogP contribution in [0.15, 0.2) is 54.6 Å². The minimum absolute atomic E-state index is 0.110. The van der Waals surface area contributed by atoms with Crippen molar-refractivity contribution in [3.05, 3.63) is 75.7 Å². The van der Waals surface area contributed by atoms with E-state index in [-0.39, 0.29) is 11.8 Å². The van der Waals surface area contributed by atoms with Crippen molar-refractivity contribution in [1.82, 2.24) is 9.88 Å². The summed E-state index contributed by atoms with van der Waals surface area (Å²) in [7, 11) is 1.60. The first-order valence-electron chi connectivity index (χ1n) is 10.3. The Morgan fingerprint density at radius 1 is 1.16 bits per heavy atom. The maximum Gasteiger partial charge on any atom is 0.266 e. The molecule has 2 amide bonds. The van der Waals surface area contributed by atoms with Crippen molar-refractivity contribution in [3.63, 3.8) is 0 Å². The van der Waals surface area contributed by atoms with Crippen LogP contribution < -0.4 is 10.1 Å². The Hall–Kier alpha value is -3.19. The van der Waals surface area contributed by atoms with Crippen molar-refractivity contribution in [3.8, 4) is 5.75 Å². The number of nitrogens with zero attached hydrogens (tertiary/aromatic N) is 2. The van der Waals surface area contributed by atoms with Crippen molar-refractivity contribution >= 4 is 28.8 Å². The molecular weight excluding hydrogens is 410 g/mol. The lowest BCUT2D eigenvalue weighted by Crippen LogP contribution is -2.43. The van der Waals surface area contributed by atoms with Gasteiger partial charge in [0.1, 0.15) is 16.7 Å². The fourth-order valence-corrected chi connectivity index (χ4v) is 4.86. The van der Waals surface area contributed by atoms with Gasteiger partial charge in [-0.15, -0.1) is 11.3 Å². The average Bonchev–Trinajstić information content (AvgIpc) is 3.41. The molecule has 0 radical (unpaired) electrons. The fourth-order valence-electron chi connectivity index (χ4n) is 3.81. The molecular formula is C24H25N3O3S. The lowest BCUT2D eigenvalue weighted by molar-refractivity contribution is -0.119. The largest absolute Gasteiger partial charge is 0.497 e. The standard InChI is InChI=1S/C24H25N3O3S/c1-16-22(31-21(25-16)15-17-7-4-3-5-8-17)24(29)27-14-6-9-20(27)23(28)26-18-10-12-19(30-2)13-11-18/h3-5,7-8,10-13,20H,6,9,14-15H2,1-2H3,(H,26,28). The Morgan fingerprint density at radius 2 is 1.90 bits per heavy atom. The Labute approximate surface area is 185 Å². The Bertz CT molecular complexity index is 1060. The van der Waals surface area contributed by atoms with Gasteiger partial charge < -0.3 is 15.0 Å². The summed E-state index contributed by atoms with van der Waals surface area (Å²) >= 11 is 1.42. The highest BCUT2D eigenvalue weighted by molar-refractivity contribution is 7.13. The molecule has 0 saturated carbocycles. The number of benzene rings is 2. The number of nitrogens with one attached hydrogen (secondary N) is 1. The summed E-state index contributed by atoms with van der Waals surface area (Å²) in [6.45, 7) is 2.44. The van der Waals surface area contributed by atoms with Gasteiger partial charge in [0.25, 0.3) is 5.91 Å². The lowest BCUT2D eigenvalue weighted by Gasteiger charge is -2.23. The van der Waals surface area contributed by atoms with Gasteiger partial charge in [-0.1, -0.05) is 30.3 Å². The Balaban J connectivity index is 1.46. The van der Waals surface area contributed by atoms with Crippen molar-refractivity contribution in [2.75, 3.05) is 19.0 Å². The second kappa shape index (κ2) is 9.31. The summed E-state index contributed by atoms with van der Waals surface area (Å²) in [6.07, 6.45) is 2.16. The van der Waals surface area contributed by atoms with Crippen LogP contribution in [0, 0.1) is 6.92 Å². The molecule has 1 fully saturated rings. The van der Waals surface area contributed by atoms with Crippen LogP contribution in [0.25, 0.3) is 0 Å². The highest BCUT2D eigenvalue weighted by Crippen LogP contribution is 2.27. The normalized spacial score (nSPS) is 15.7.